The number of benzene rings is 2. The van der Waals surface area contributed by atoms with E-state index in [-0.39, 0.29) is 12.2 Å². The number of halogens is 2. The van der Waals surface area contributed by atoms with Crippen LogP contribution in [0.4, 0.5) is 8.78 Å². The van der Waals surface area contributed by atoms with Gasteiger partial charge in [-0.05, 0) is 52.2 Å². The molecule has 3 rings (SSSR count). The Morgan fingerprint density at radius 2 is 1.67 bits per heavy atom. The van der Waals surface area contributed by atoms with E-state index in [0.717, 1.165) is 12.8 Å². The maximum absolute atomic E-state index is 13.5. The number of carboxylic acid groups (broad SMARTS) is 1. The number of aliphatic carboxylic acids is 1. The average molecular weight is 415 g/mol. The first kappa shape index (κ1) is 21.5. The number of carboxylic acids is 1. The van der Waals surface area contributed by atoms with E-state index in [1.54, 1.807) is 16.8 Å². The third kappa shape index (κ3) is 5.44. The Hall–Kier alpha value is -3.20. The second-order valence-electron chi connectivity index (χ2n) is 6.97. The first-order valence-corrected chi connectivity index (χ1v) is 9.72. The van der Waals surface area contributed by atoms with Crippen LogP contribution in [0.1, 0.15) is 55.2 Å². The number of carbonyl (C=O) groups is 1. The zero-order valence-corrected chi connectivity index (χ0v) is 16.5. The van der Waals surface area contributed by atoms with Crippen molar-refractivity contribution in [2.45, 2.75) is 44.8 Å². The summed E-state index contributed by atoms with van der Waals surface area (Å²) in [6.45, 7) is 2.65. The number of nitrogens with one attached hydrogen (secondary N) is 1. The van der Waals surface area contributed by atoms with Gasteiger partial charge in [-0.3, -0.25) is 10.1 Å². The van der Waals surface area contributed by atoms with Gasteiger partial charge in [0, 0.05) is 12.6 Å². The molecule has 2 aromatic carbocycles. The van der Waals surface area contributed by atoms with E-state index in [1.165, 1.54) is 36.4 Å². The maximum atomic E-state index is 13.5. The van der Waals surface area contributed by atoms with E-state index in [1.807, 2.05) is 0 Å². The highest BCUT2D eigenvalue weighted by Crippen LogP contribution is 2.27. The van der Waals surface area contributed by atoms with Crippen molar-refractivity contribution in [2.75, 3.05) is 0 Å². The molecule has 0 fully saturated rings. The molecule has 0 spiro atoms. The van der Waals surface area contributed by atoms with Gasteiger partial charge in [-0.2, -0.15) is 0 Å². The summed E-state index contributed by atoms with van der Waals surface area (Å²) in [5, 5.41) is 24.7. The monoisotopic (exact) mass is 415 g/mol. The molecule has 0 saturated heterocycles. The lowest BCUT2D eigenvalue weighted by molar-refractivity contribution is -0.137. The Labute approximate surface area is 172 Å². The summed E-state index contributed by atoms with van der Waals surface area (Å²) in [6, 6.07) is 10.3. The lowest BCUT2D eigenvalue weighted by Gasteiger charge is -2.25. The lowest BCUT2D eigenvalue weighted by Crippen LogP contribution is -2.31. The summed E-state index contributed by atoms with van der Waals surface area (Å²) in [6.07, 6.45) is 1.58. The molecule has 3 aromatic rings. The minimum Gasteiger partial charge on any atom is -0.481 e. The van der Waals surface area contributed by atoms with E-state index in [4.69, 9.17) is 0 Å². The molecule has 2 unspecified atom stereocenters. The average Bonchev–Trinajstić information content (AvgIpc) is 3.19. The third-order valence-corrected chi connectivity index (χ3v) is 4.76. The molecule has 1 aromatic heterocycles. The van der Waals surface area contributed by atoms with Crippen LogP contribution in [0.25, 0.3) is 0 Å². The fraction of sp³-hybridized carbons (Fsp3) is 0.333. The maximum Gasteiger partial charge on any atom is 0.305 e. The van der Waals surface area contributed by atoms with Crippen LogP contribution in [0.5, 0.6) is 0 Å². The summed E-state index contributed by atoms with van der Waals surface area (Å²) in [5.41, 5.74) is 1.29. The molecule has 158 valence electrons. The van der Waals surface area contributed by atoms with Crippen molar-refractivity contribution in [3.8, 4) is 0 Å². The van der Waals surface area contributed by atoms with Gasteiger partial charge in [0.05, 0.1) is 12.5 Å². The van der Waals surface area contributed by atoms with Crippen LogP contribution in [0.3, 0.4) is 0 Å². The van der Waals surface area contributed by atoms with Gasteiger partial charge in [0.2, 0.25) is 0 Å². The summed E-state index contributed by atoms with van der Waals surface area (Å²) in [5.74, 6) is -1.32. The molecular weight excluding hydrogens is 392 g/mol. The number of hydrogen-bond donors (Lipinski definition) is 2. The predicted octanol–water partition coefficient (Wildman–Crippen LogP) is 3.65. The smallest absolute Gasteiger partial charge is 0.305 e. The Balaban J connectivity index is 1.99. The second kappa shape index (κ2) is 10.0. The van der Waals surface area contributed by atoms with Gasteiger partial charge in [0.25, 0.3) is 0 Å². The minimum atomic E-state index is -1.01. The first-order chi connectivity index (χ1) is 14.5. The molecule has 2 N–H and O–H groups in total. The van der Waals surface area contributed by atoms with Gasteiger partial charge < -0.3 is 5.11 Å². The van der Waals surface area contributed by atoms with Crippen molar-refractivity contribution in [3.05, 3.63) is 77.1 Å². The Kier molecular flexibility index (Phi) is 7.18. The number of aryl methyl sites for hydroxylation is 1. The summed E-state index contributed by atoms with van der Waals surface area (Å²) in [4.78, 5) is 11.5. The number of nitrogens with zero attached hydrogens (tertiary/aromatic N) is 4. The van der Waals surface area contributed by atoms with Crippen molar-refractivity contribution in [2.24, 2.45) is 0 Å². The van der Waals surface area contributed by atoms with Crippen LogP contribution < -0.4 is 5.32 Å². The van der Waals surface area contributed by atoms with Crippen LogP contribution in [0, 0.1) is 11.6 Å². The van der Waals surface area contributed by atoms with E-state index in [9.17, 15) is 18.7 Å². The zero-order valence-electron chi connectivity index (χ0n) is 16.5. The van der Waals surface area contributed by atoms with Crippen molar-refractivity contribution in [1.29, 1.82) is 0 Å². The highest BCUT2D eigenvalue weighted by molar-refractivity contribution is 5.68. The molecule has 0 aliphatic carbocycles. The molecule has 0 amide bonds. The van der Waals surface area contributed by atoms with Crippen LogP contribution in [0.2, 0.25) is 0 Å². The van der Waals surface area contributed by atoms with Crippen LogP contribution >= 0.6 is 0 Å². The van der Waals surface area contributed by atoms with E-state index < -0.39 is 23.9 Å². The molecule has 7 nitrogen and oxygen atoms in total. The zero-order chi connectivity index (χ0) is 21.5. The van der Waals surface area contributed by atoms with Crippen molar-refractivity contribution < 1.29 is 18.7 Å². The minimum absolute atomic E-state index is 0.236. The first-order valence-electron chi connectivity index (χ1n) is 9.72. The van der Waals surface area contributed by atoms with E-state index >= 15 is 0 Å². The molecule has 1 heterocycles. The molecule has 0 saturated carbocycles. The standard InChI is InChI=1S/C21H23F2N5O2/c1-2-3-12-28-21(25-26-27-28)20(15-6-10-17(23)11-7-15)24-18(13-19(29)30)14-4-8-16(22)9-5-14/h4-11,18,20,24H,2-3,12-13H2,1H3,(H,29,30). The van der Waals surface area contributed by atoms with Gasteiger partial charge in [-0.1, -0.05) is 37.6 Å². The number of aromatic nitrogens is 4. The number of hydrogen-bond acceptors (Lipinski definition) is 5. The molecular formula is C21H23F2N5O2. The van der Waals surface area contributed by atoms with Gasteiger partial charge in [-0.25, -0.2) is 13.5 Å². The number of tetrazole rings is 1. The van der Waals surface area contributed by atoms with Crippen LogP contribution in [0.15, 0.2) is 48.5 Å². The second-order valence-corrected chi connectivity index (χ2v) is 6.97. The molecule has 30 heavy (non-hydrogen) atoms. The molecule has 0 radical (unpaired) electrons. The SMILES string of the molecule is CCCCn1nnnc1C(NC(CC(=O)O)c1ccc(F)cc1)c1ccc(F)cc1. The molecule has 0 aliphatic rings. The summed E-state index contributed by atoms with van der Waals surface area (Å²) >= 11 is 0. The summed E-state index contributed by atoms with van der Waals surface area (Å²) < 4.78 is 28.5. The van der Waals surface area contributed by atoms with Crippen LogP contribution in [-0.4, -0.2) is 31.3 Å². The van der Waals surface area contributed by atoms with Gasteiger partial charge in [0.15, 0.2) is 5.82 Å². The third-order valence-electron chi connectivity index (χ3n) is 4.76. The lowest BCUT2D eigenvalue weighted by atomic mass is 9.99. The summed E-state index contributed by atoms with van der Waals surface area (Å²) in [7, 11) is 0. The Bertz CT molecular complexity index is 960. The molecule has 9 heteroatoms. The topological polar surface area (TPSA) is 92.9 Å². The van der Waals surface area contributed by atoms with Gasteiger partial charge >= 0.3 is 5.97 Å². The quantitative estimate of drug-likeness (QED) is 0.525. The predicted molar refractivity (Wildman–Crippen MR) is 105 cm³/mol. The van der Waals surface area contributed by atoms with Gasteiger partial charge in [-0.15, -0.1) is 5.10 Å². The Morgan fingerprint density at radius 1 is 1.07 bits per heavy atom. The van der Waals surface area contributed by atoms with Crippen LogP contribution in [-0.2, 0) is 11.3 Å². The molecule has 0 aliphatic heterocycles. The van der Waals surface area contributed by atoms with Crippen molar-refractivity contribution in [1.82, 2.24) is 25.5 Å². The molecule has 0 bridgehead atoms. The number of rotatable bonds is 10. The fourth-order valence-electron chi connectivity index (χ4n) is 3.20. The normalized spacial score (nSPS) is 13.2. The largest absolute Gasteiger partial charge is 0.481 e. The van der Waals surface area contributed by atoms with Crippen molar-refractivity contribution in [3.63, 3.8) is 0 Å². The van der Waals surface area contributed by atoms with E-state index in [2.05, 4.69) is 27.8 Å². The molecule has 2 atom stereocenters. The Morgan fingerprint density at radius 3 is 2.23 bits per heavy atom. The van der Waals surface area contributed by atoms with Gasteiger partial charge in [0.1, 0.15) is 11.6 Å². The fourth-order valence-corrected chi connectivity index (χ4v) is 3.20. The van der Waals surface area contributed by atoms with Crippen molar-refractivity contribution >= 4 is 5.97 Å². The number of unbranched alkanes of at least 4 members (excludes halogenated alkanes) is 1. The highest BCUT2D eigenvalue weighted by atomic mass is 19.1. The highest BCUT2D eigenvalue weighted by Gasteiger charge is 2.26. The van der Waals surface area contributed by atoms with E-state index in [0.29, 0.717) is 23.5 Å².